The van der Waals surface area contributed by atoms with Crippen LogP contribution in [0.1, 0.15) is 25.7 Å². The van der Waals surface area contributed by atoms with Crippen LogP contribution in [0.3, 0.4) is 0 Å². The van der Waals surface area contributed by atoms with Crippen LogP contribution in [0.4, 0.5) is 5.82 Å². The first-order valence-electron chi connectivity index (χ1n) is 6.39. The Balaban J connectivity index is 1.65. The number of fused-ring (bicyclic) bond motifs is 2. The highest BCUT2D eigenvalue weighted by atomic mass is 35.5. The van der Waals surface area contributed by atoms with Crippen LogP contribution in [0.5, 0.6) is 0 Å². The lowest BCUT2D eigenvalue weighted by Crippen LogP contribution is -2.20. The molecular weight excluding hydrogens is 291 g/mol. The first kappa shape index (κ1) is 12.8. The molecule has 3 rings (SSSR count). The third-order valence-corrected chi connectivity index (χ3v) is 5.26. The number of rotatable bonds is 3. The molecular formula is C13H15Cl3N2. The third kappa shape index (κ3) is 2.43. The van der Waals surface area contributed by atoms with Gasteiger partial charge >= 0.3 is 0 Å². The van der Waals surface area contributed by atoms with Gasteiger partial charge in [-0.15, -0.1) is 0 Å². The van der Waals surface area contributed by atoms with Crippen molar-refractivity contribution in [3.8, 4) is 0 Å². The second-order valence-corrected chi connectivity index (χ2v) is 6.58. The molecule has 1 N–H and O–H groups in total. The Bertz CT molecular complexity index is 464. The first-order chi connectivity index (χ1) is 8.63. The summed E-state index contributed by atoms with van der Waals surface area (Å²) in [6.07, 6.45) is 5.57. The standard InChI is InChI=1S/C13H15Cl3N2/c14-10-5-11(15)13(18-12(10)16)17-6-9-4-7-1-2-8(9)3-7/h5,7-9H,1-4,6H2,(H,17,18). The highest BCUT2D eigenvalue weighted by Gasteiger charge is 2.39. The molecule has 3 atom stereocenters. The first-order valence-corrected chi connectivity index (χ1v) is 7.52. The average molecular weight is 306 g/mol. The van der Waals surface area contributed by atoms with E-state index in [1.165, 1.54) is 25.7 Å². The molecule has 0 aliphatic heterocycles. The normalized spacial score (nSPS) is 29.8. The van der Waals surface area contributed by atoms with Crippen LogP contribution in [0.2, 0.25) is 15.2 Å². The van der Waals surface area contributed by atoms with Gasteiger partial charge in [0.2, 0.25) is 0 Å². The molecule has 0 aromatic carbocycles. The fourth-order valence-electron chi connectivity index (χ4n) is 3.42. The van der Waals surface area contributed by atoms with Crippen molar-refractivity contribution < 1.29 is 0 Å². The number of nitrogens with zero attached hydrogens (tertiary/aromatic N) is 1. The summed E-state index contributed by atoms with van der Waals surface area (Å²) in [5.74, 6) is 3.26. The van der Waals surface area contributed by atoms with E-state index in [9.17, 15) is 0 Å². The summed E-state index contributed by atoms with van der Waals surface area (Å²) in [5, 5.41) is 4.55. The highest BCUT2D eigenvalue weighted by molar-refractivity contribution is 6.42. The van der Waals surface area contributed by atoms with Gasteiger partial charge in [0.05, 0.1) is 10.0 Å². The number of hydrogen-bond acceptors (Lipinski definition) is 2. The zero-order chi connectivity index (χ0) is 12.7. The van der Waals surface area contributed by atoms with Crippen LogP contribution in [-0.4, -0.2) is 11.5 Å². The molecule has 1 aromatic rings. The number of hydrogen-bond donors (Lipinski definition) is 1. The quantitative estimate of drug-likeness (QED) is 0.804. The summed E-state index contributed by atoms with van der Waals surface area (Å²) in [6.45, 7) is 0.936. The lowest BCUT2D eigenvalue weighted by molar-refractivity contribution is 0.348. The maximum atomic E-state index is 6.10. The van der Waals surface area contributed by atoms with Crippen LogP contribution in [0.15, 0.2) is 6.07 Å². The molecule has 0 radical (unpaired) electrons. The van der Waals surface area contributed by atoms with Gasteiger partial charge < -0.3 is 5.32 Å². The van der Waals surface area contributed by atoms with Crippen molar-refractivity contribution in [2.45, 2.75) is 25.7 Å². The van der Waals surface area contributed by atoms with Crippen LogP contribution in [0, 0.1) is 17.8 Å². The van der Waals surface area contributed by atoms with Gasteiger partial charge in [0.15, 0.2) is 0 Å². The Hall–Kier alpha value is -0.180. The monoisotopic (exact) mass is 304 g/mol. The highest BCUT2D eigenvalue weighted by Crippen LogP contribution is 2.48. The van der Waals surface area contributed by atoms with Crippen molar-refractivity contribution in [1.29, 1.82) is 0 Å². The Morgan fingerprint density at radius 3 is 2.67 bits per heavy atom. The molecule has 0 amide bonds. The SMILES string of the molecule is Clc1cc(Cl)c(NCC2CC3CCC2C3)nc1Cl. The van der Waals surface area contributed by atoms with Crippen LogP contribution in [-0.2, 0) is 0 Å². The third-order valence-electron chi connectivity index (χ3n) is 4.30. The molecule has 2 fully saturated rings. The van der Waals surface area contributed by atoms with Crippen molar-refractivity contribution in [1.82, 2.24) is 4.98 Å². The second-order valence-electron chi connectivity index (χ2n) is 5.41. The summed E-state index contributed by atoms with van der Waals surface area (Å²) < 4.78 is 0. The minimum atomic E-state index is 0.302. The fraction of sp³-hybridized carbons (Fsp3) is 0.615. The molecule has 3 unspecified atom stereocenters. The Kier molecular flexibility index (Phi) is 3.61. The minimum Gasteiger partial charge on any atom is -0.368 e. The van der Waals surface area contributed by atoms with Crippen molar-refractivity contribution in [3.05, 3.63) is 21.3 Å². The lowest BCUT2D eigenvalue weighted by atomic mass is 9.89. The smallest absolute Gasteiger partial charge is 0.150 e. The molecule has 1 aromatic heterocycles. The summed E-state index contributed by atoms with van der Waals surface area (Å²) in [7, 11) is 0. The number of anilines is 1. The Labute approximate surface area is 122 Å². The predicted molar refractivity (Wildman–Crippen MR) is 76.7 cm³/mol. The van der Waals surface area contributed by atoms with E-state index in [2.05, 4.69) is 10.3 Å². The topological polar surface area (TPSA) is 24.9 Å². The lowest BCUT2D eigenvalue weighted by Gasteiger charge is -2.22. The summed E-state index contributed by atoms with van der Waals surface area (Å²) in [6, 6.07) is 1.64. The predicted octanol–water partition coefficient (Wildman–Crippen LogP) is 4.89. The van der Waals surface area contributed by atoms with Gasteiger partial charge in [-0.05, 0) is 43.1 Å². The van der Waals surface area contributed by atoms with Gasteiger partial charge in [0.1, 0.15) is 11.0 Å². The second kappa shape index (κ2) is 5.07. The summed E-state index contributed by atoms with van der Waals surface area (Å²) >= 11 is 17.9. The molecule has 2 nitrogen and oxygen atoms in total. The molecule has 0 spiro atoms. The van der Waals surface area contributed by atoms with Crippen molar-refractivity contribution in [2.75, 3.05) is 11.9 Å². The molecule has 2 aliphatic rings. The molecule has 98 valence electrons. The van der Waals surface area contributed by atoms with Gasteiger partial charge in [0.25, 0.3) is 0 Å². The molecule has 5 heteroatoms. The zero-order valence-electron chi connectivity index (χ0n) is 9.93. The van der Waals surface area contributed by atoms with Crippen molar-refractivity contribution in [2.24, 2.45) is 17.8 Å². The summed E-state index contributed by atoms with van der Waals surface area (Å²) in [4.78, 5) is 4.19. The Morgan fingerprint density at radius 1 is 1.17 bits per heavy atom. The van der Waals surface area contributed by atoms with E-state index < -0.39 is 0 Å². The molecule has 2 bridgehead atoms. The van der Waals surface area contributed by atoms with E-state index >= 15 is 0 Å². The maximum absolute atomic E-state index is 6.10. The van der Waals surface area contributed by atoms with E-state index in [0.29, 0.717) is 21.0 Å². The van der Waals surface area contributed by atoms with Crippen LogP contribution < -0.4 is 5.32 Å². The minimum absolute atomic E-state index is 0.302. The van der Waals surface area contributed by atoms with Crippen molar-refractivity contribution in [3.63, 3.8) is 0 Å². The molecule has 2 aliphatic carbocycles. The number of aromatic nitrogens is 1. The summed E-state index contributed by atoms with van der Waals surface area (Å²) in [5.41, 5.74) is 0. The van der Waals surface area contributed by atoms with E-state index in [1.807, 2.05) is 0 Å². The van der Waals surface area contributed by atoms with Gasteiger partial charge in [-0.3, -0.25) is 0 Å². The van der Waals surface area contributed by atoms with Crippen molar-refractivity contribution >= 4 is 40.6 Å². The van der Waals surface area contributed by atoms with E-state index in [0.717, 1.165) is 24.3 Å². The van der Waals surface area contributed by atoms with Gasteiger partial charge in [0, 0.05) is 6.54 Å². The van der Waals surface area contributed by atoms with Gasteiger partial charge in [-0.2, -0.15) is 0 Å². The Morgan fingerprint density at radius 2 is 2.00 bits per heavy atom. The number of pyridine rings is 1. The van der Waals surface area contributed by atoms with Gasteiger partial charge in [-0.25, -0.2) is 4.98 Å². The molecule has 2 saturated carbocycles. The van der Waals surface area contributed by atoms with E-state index in [1.54, 1.807) is 6.07 Å². The fourth-order valence-corrected chi connectivity index (χ4v) is 3.99. The van der Waals surface area contributed by atoms with Crippen LogP contribution in [0.25, 0.3) is 0 Å². The van der Waals surface area contributed by atoms with E-state index in [-0.39, 0.29) is 0 Å². The molecule has 1 heterocycles. The molecule has 0 saturated heterocycles. The van der Waals surface area contributed by atoms with Gasteiger partial charge in [-0.1, -0.05) is 41.2 Å². The van der Waals surface area contributed by atoms with E-state index in [4.69, 9.17) is 34.8 Å². The van der Waals surface area contributed by atoms with Crippen LogP contribution >= 0.6 is 34.8 Å². The molecule has 18 heavy (non-hydrogen) atoms. The maximum Gasteiger partial charge on any atom is 0.150 e. The number of halogens is 3. The average Bonchev–Trinajstić information content (AvgIpc) is 2.94. The largest absolute Gasteiger partial charge is 0.368 e. The zero-order valence-corrected chi connectivity index (χ0v) is 12.2. The number of nitrogens with one attached hydrogen (secondary N) is 1.